The number of hydrogen-bond donors (Lipinski definition) is 1. The zero-order valence-corrected chi connectivity index (χ0v) is 9.68. The maximum Gasteiger partial charge on any atom is 0.246 e. The van der Waals surface area contributed by atoms with Crippen molar-refractivity contribution in [1.29, 1.82) is 0 Å². The zero-order valence-electron chi connectivity index (χ0n) is 8.10. The van der Waals surface area contributed by atoms with Crippen molar-refractivity contribution < 1.29 is 18.3 Å². The third-order valence-electron chi connectivity index (χ3n) is 2.29. The lowest BCUT2D eigenvalue weighted by Gasteiger charge is -2.23. The molecule has 1 aliphatic heterocycles. The summed E-state index contributed by atoms with van der Waals surface area (Å²) in [4.78, 5) is 10.8. The summed E-state index contributed by atoms with van der Waals surface area (Å²) < 4.78 is 31.9. The van der Waals surface area contributed by atoms with Crippen LogP contribution in [-0.2, 0) is 9.53 Å². The Hall–Kier alpha value is -1.01. The normalized spacial score (nSPS) is 20.7. The third-order valence-corrected chi connectivity index (χ3v) is 2.89. The summed E-state index contributed by atoms with van der Waals surface area (Å²) in [7, 11) is 0. The molecule has 1 atom stereocenters. The summed E-state index contributed by atoms with van der Waals surface area (Å²) in [6.45, 7) is 0.0125. The van der Waals surface area contributed by atoms with Crippen molar-refractivity contribution in [1.82, 2.24) is 5.32 Å². The van der Waals surface area contributed by atoms with E-state index in [4.69, 9.17) is 4.74 Å². The van der Waals surface area contributed by atoms with Crippen LogP contribution in [0.3, 0.4) is 0 Å². The number of amides is 1. The van der Waals surface area contributed by atoms with E-state index in [2.05, 4.69) is 21.2 Å². The van der Waals surface area contributed by atoms with E-state index in [1.165, 1.54) is 0 Å². The zero-order chi connectivity index (χ0) is 11.7. The molecule has 1 N–H and O–H groups in total. The van der Waals surface area contributed by atoms with Crippen LogP contribution < -0.4 is 5.32 Å². The maximum atomic E-state index is 13.5. The quantitative estimate of drug-likeness (QED) is 0.803. The van der Waals surface area contributed by atoms with E-state index in [0.717, 1.165) is 12.1 Å². The van der Waals surface area contributed by atoms with Gasteiger partial charge in [-0.2, -0.15) is 0 Å². The minimum absolute atomic E-state index is 0.0635. The number of rotatable bonds is 1. The molecule has 16 heavy (non-hydrogen) atoms. The number of ether oxygens (including phenoxy) is 1. The van der Waals surface area contributed by atoms with Gasteiger partial charge in [0, 0.05) is 12.1 Å². The first kappa shape index (κ1) is 11.5. The first-order valence-electron chi connectivity index (χ1n) is 4.60. The highest BCUT2D eigenvalue weighted by Gasteiger charge is 2.23. The smallest absolute Gasteiger partial charge is 0.246 e. The van der Waals surface area contributed by atoms with Crippen LogP contribution >= 0.6 is 15.9 Å². The average Bonchev–Trinajstić information content (AvgIpc) is 2.25. The van der Waals surface area contributed by atoms with Crippen LogP contribution in [0.15, 0.2) is 16.6 Å². The Morgan fingerprint density at radius 2 is 2.12 bits per heavy atom. The molecule has 0 bridgehead atoms. The molecule has 0 radical (unpaired) electrons. The van der Waals surface area contributed by atoms with Crippen molar-refractivity contribution in [3.8, 4) is 0 Å². The second kappa shape index (κ2) is 4.47. The van der Waals surface area contributed by atoms with Crippen LogP contribution in [-0.4, -0.2) is 19.1 Å². The van der Waals surface area contributed by atoms with Gasteiger partial charge in [-0.05, 0) is 28.1 Å². The molecule has 1 saturated heterocycles. The van der Waals surface area contributed by atoms with E-state index in [1.807, 2.05) is 0 Å². The monoisotopic (exact) mass is 291 g/mol. The predicted octanol–water partition coefficient (Wildman–Crippen LogP) is 1.91. The molecule has 0 saturated carbocycles. The number of morpholine rings is 1. The molecule has 3 nitrogen and oxygen atoms in total. The van der Waals surface area contributed by atoms with Crippen molar-refractivity contribution in [2.75, 3.05) is 13.2 Å². The first-order valence-corrected chi connectivity index (χ1v) is 5.40. The van der Waals surface area contributed by atoms with Gasteiger partial charge in [-0.25, -0.2) is 8.78 Å². The van der Waals surface area contributed by atoms with Crippen LogP contribution in [0.5, 0.6) is 0 Å². The summed E-state index contributed by atoms with van der Waals surface area (Å²) in [5.74, 6) is -1.37. The highest BCUT2D eigenvalue weighted by atomic mass is 79.9. The van der Waals surface area contributed by atoms with Crippen LogP contribution in [0, 0.1) is 11.6 Å². The van der Waals surface area contributed by atoms with Crippen molar-refractivity contribution in [2.45, 2.75) is 6.10 Å². The second-order valence-corrected chi connectivity index (χ2v) is 4.25. The predicted molar refractivity (Wildman–Crippen MR) is 55.8 cm³/mol. The van der Waals surface area contributed by atoms with Crippen molar-refractivity contribution >= 4 is 21.8 Å². The van der Waals surface area contributed by atoms with Gasteiger partial charge >= 0.3 is 0 Å². The molecular formula is C10H8BrF2NO2. The minimum atomic E-state index is -0.639. The summed E-state index contributed by atoms with van der Waals surface area (Å²) >= 11 is 2.89. The Balaban J connectivity index is 2.26. The van der Waals surface area contributed by atoms with Gasteiger partial charge < -0.3 is 10.1 Å². The van der Waals surface area contributed by atoms with E-state index in [-0.39, 0.29) is 29.1 Å². The molecule has 0 unspecified atom stereocenters. The lowest BCUT2D eigenvalue weighted by Crippen LogP contribution is -2.39. The molecule has 1 fully saturated rings. The van der Waals surface area contributed by atoms with Crippen LogP contribution in [0.1, 0.15) is 11.7 Å². The highest BCUT2D eigenvalue weighted by molar-refractivity contribution is 9.10. The number of benzene rings is 1. The maximum absolute atomic E-state index is 13.5. The van der Waals surface area contributed by atoms with E-state index < -0.39 is 17.7 Å². The molecular weight excluding hydrogens is 284 g/mol. The molecule has 1 aliphatic rings. The SMILES string of the molecule is O=C1CO[C@H](c2cc(F)c(Br)cc2F)CN1. The molecule has 0 aromatic heterocycles. The first-order chi connectivity index (χ1) is 7.58. The van der Waals surface area contributed by atoms with Crippen LogP contribution in [0.4, 0.5) is 8.78 Å². The van der Waals surface area contributed by atoms with Gasteiger partial charge in [-0.3, -0.25) is 4.79 Å². The van der Waals surface area contributed by atoms with Crippen LogP contribution in [0.2, 0.25) is 0 Å². The highest BCUT2D eigenvalue weighted by Crippen LogP contribution is 2.26. The Kier molecular flexibility index (Phi) is 3.20. The van der Waals surface area contributed by atoms with E-state index in [9.17, 15) is 13.6 Å². The van der Waals surface area contributed by atoms with Gasteiger partial charge in [0.25, 0.3) is 0 Å². The molecule has 6 heteroatoms. The third kappa shape index (κ3) is 2.22. The van der Waals surface area contributed by atoms with Gasteiger partial charge in [0.1, 0.15) is 24.3 Å². The van der Waals surface area contributed by atoms with Crippen molar-refractivity contribution in [3.05, 3.63) is 33.8 Å². The second-order valence-electron chi connectivity index (χ2n) is 3.39. The molecule has 2 rings (SSSR count). The Morgan fingerprint density at radius 1 is 1.38 bits per heavy atom. The summed E-state index contributed by atoms with van der Waals surface area (Å²) in [6, 6.07) is 2.12. The molecule has 86 valence electrons. The molecule has 1 amide bonds. The topological polar surface area (TPSA) is 38.3 Å². The summed E-state index contributed by atoms with van der Waals surface area (Å²) in [5, 5.41) is 2.53. The Labute approximate surface area is 98.9 Å². The van der Waals surface area contributed by atoms with Gasteiger partial charge in [0.2, 0.25) is 5.91 Å². The standard InChI is InChI=1S/C10H8BrF2NO2/c11-6-2-7(12)5(1-8(6)13)9-3-14-10(15)4-16-9/h1-2,9H,3-4H2,(H,14,15)/t9-/m0/s1. The van der Waals surface area contributed by atoms with Gasteiger partial charge in [-0.15, -0.1) is 0 Å². The molecule has 1 aromatic rings. The van der Waals surface area contributed by atoms with Crippen molar-refractivity contribution in [2.24, 2.45) is 0 Å². The van der Waals surface area contributed by atoms with Crippen LogP contribution in [0.25, 0.3) is 0 Å². The van der Waals surface area contributed by atoms with E-state index >= 15 is 0 Å². The fourth-order valence-electron chi connectivity index (χ4n) is 1.48. The number of halogens is 3. The molecule has 1 heterocycles. The summed E-state index contributed by atoms with van der Waals surface area (Å²) in [5.41, 5.74) is 0.112. The number of carbonyl (C=O) groups is 1. The lowest BCUT2D eigenvalue weighted by molar-refractivity contribution is -0.133. The van der Waals surface area contributed by atoms with E-state index in [0.29, 0.717) is 0 Å². The van der Waals surface area contributed by atoms with Gasteiger partial charge in [0.05, 0.1) is 4.47 Å². The largest absolute Gasteiger partial charge is 0.362 e. The molecule has 1 aromatic carbocycles. The summed E-state index contributed by atoms with van der Waals surface area (Å²) in [6.07, 6.45) is -0.639. The fraction of sp³-hybridized carbons (Fsp3) is 0.300. The number of nitrogens with one attached hydrogen (secondary N) is 1. The minimum Gasteiger partial charge on any atom is -0.362 e. The molecule has 0 spiro atoms. The Bertz CT molecular complexity index is 429. The van der Waals surface area contributed by atoms with Gasteiger partial charge in [-0.1, -0.05) is 0 Å². The van der Waals surface area contributed by atoms with E-state index in [1.54, 1.807) is 0 Å². The Morgan fingerprint density at radius 3 is 2.75 bits per heavy atom. The number of hydrogen-bond acceptors (Lipinski definition) is 2. The van der Waals surface area contributed by atoms with Crippen molar-refractivity contribution in [3.63, 3.8) is 0 Å². The molecule has 0 aliphatic carbocycles. The lowest BCUT2D eigenvalue weighted by atomic mass is 10.1. The fourth-order valence-corrected chi connectivity index (χ4v) is 1.79. The van der Waals surface area contributed by atoms with Gasteiger partial charge in [0.15, 0.2) is 0 Å². The average molecular weight is 292 g/mol. The number of carbonyl (C=O) groups excluding carboxylic acids is 1.